The molecular weight excluding hydrogens is 294 g/mol. The molecule has 0 saturated heterocycles. The van der Waals surface area contributed by atoms with Gasteiger partial charge in [0.25, 0.3) is 0 Å². The third-order valence-electron chi connectivity index (χ3n) is 2.63. The molecule has 0 unspecified atom stereocenters. The molecule has 3 nitrogen and oxygen atoms in total. The number of hydrogen-bond acceptors (Lipinski definition) is 4. The molecule has 0 fully saturated rings. The maximum Gasteiger partial charge on any atom is 0.337 e. The minimum atomic E-state index is -0.301. The molecule has 0 amide bonds. The van der Waals surface area contributed by atoms with Crippen molar-refractivity contribution >= 4 is 30.1 Å². The summed E-state index contributed by atoms with van der Waals surface area (Å²) in [5, 5.41) is 0. The second-order valence-corrected chi connectivity index (χ2v) is 5.10. The van der Waals surface area contributed by atoms with Gasteiger partial charge in [-0.15, -0.1) is 24.2 Å². The Bertz CT molecular complexity index is 531. The summed E-state index contributed by atoms with van der Waals surface area (Å²) in [5.41, 5.74) is 1.68. The van der Waals surface area contributed by atoms with Crippen LogP contribution in [0.3, 0.4) is 0 Å². The monoisotopic (exact) mass is 309 g/mol. The van der Waals surface area contributed by atoms with E-state index in [1.807, 2.05) is 36.5 Å². The van der Waals surface area contributed by atoms with Crippen LogP contribution < -0.4 is 0 Å². The maximum absolute atomic E-state index is 11.3. The molecular formula is C15H16ClNO2S. The van der Waals surface area contributed by atoms with Crippen LogP contribution in [-0.2, 0) is 11.2 Å². The van der Waals surface area contributed by atoms with Gasteiger partial charge in [-0.25, -0.2) is 4.79 Å². The molecule has 0 spiro atoms. The number of aromatic nitrogens is 1. The minimum Gasteiger partial charge on any atom is -0.465 e. The average Bonchev–Trinajstić information content (AvgIpc) is 2.48. The van der Waals surface area contributed by atoms with E-state index in [2.05, 4.69) is 9.72 Å². The minimum absolute atomic E-state index is 0. The standard InChI is InChI=1S/C15H15NO2S.ClH/c1-18-15(17)12-5-7-14(8-6-12)19-11-9-13-4-2-3-10-16-13;/h2-8,10H,9,11H2,1H3;1H. The average molecular weight is 310 g/mol. The van der Waals surface area contributed by atoms with E-state index in [0.29, 0.717) is 5.56 Å². The number of carbonyl (C=O) groups excluding carboxylic acids is 1. The molecule has 0 atom stereocenters. The highest BCUT2D eigenvalue weighted by Crippen LogP contribution is 2.19. The van der Waals surface area contributed by atoms with Crippen molar-refractivity contribution in [2.24, 2.45) is 0 Å². The summed E-state index contributed by atoms with van der Waals surface area (Å²) in [6, 6.07) is 13.4. The lowest BCUT2D eigenvalue weighted by Crippen LogP contribution is -2.00. The highest BCUT2D eigenvalue weighted by Gasteiger charge is 2.04. The number of thioether (sulfide) groups is 1. The Morgan fingerprint density at radius 2 is 1.95 bits per heavy atom. The SMILES string of the molecule is COC(=O)c1ccc(SCCc2ccccn2)cc1.Cl. The van der Waals surface area contributed by atoms with Gasteiger partial charge >= 0.3 is 5.97 Å². The Kier molecular flexibility index (Phi) is 7.12. The summed E-state index contributed by atoms with van der Waals surface area (Å²) in [6.07, 6.45) is 2.75. The fourth-order valence-corrected chi connectivity index (χ4v) is 2.50. The Morgan fingerprint density at radius 3 is 2.55 bits per heavy atom. The molecule has 0 bridgehead atoms. The van der Waals surface area contributed by atoms with Crippen molar-refractivity contribution in [3.63, 3.8) is 0 Å². The van der Waals surface area contributed by atoms with E-state index in [-0.39, 0.29) is 18.4 Å². The van der Waals surface area contributed by atoms with Gasteiger partial charge in [-0.05, 0) is 42.8 Å². The second-order valence-electron chi connectivity index (χ2n) is 3.94. The van der Waals surface area contributed by atoms with Gasteiger partial charge in [-0.3, -0.25) is 4.98 Å². The van der Waals surface area contributed by atoms with Crippen molar-refractivity contribution < 1.29 is 9.53 Å². The number of benzene rings is 1. The highest BCUT2D eigenvalue weighted by molar-refractivity contribution is 7.99. The number of ether oxygens (including phenoxy) is 1. The van der Waals surface area contributed by atoms with Gasteiger partial charge in [0, 0.05) is 22.5 Å². The third-order valence-corrected chi connectivity index (χ3v) is 3.64. The number of aryl methyl sites for hydroxylation is 1. The Morgan fingerprint density at radius 1 is 1.20 bits per heavy atom. The molecule has 5 heteroatoms. The molecule has 0 aliphatic rings. The molecule has 2 rings (SSSR count). The maximum atomic E-state index is 11.3. The van der Waals surface area contributed by atoms with Crippen molar-refractivity contribution in [3.05, 3.63) is 59.9 Å². The molecule has 20 heavy (non-hydrogen) atoms. The highest BCUT2D eigenvalue weighted by atomic mass is 35.5. The zero-order valence-corrected chi connectivity index (χ0v) is 12.7. The second kappa shape index (κ2) is 8.61. The summed E-state index contributed by atoms with van der Waals surface area (Å²) in [5.74, 6) is 0.666. The van der Waals surface area contributed by atoms with E-state index in [9.17, 15) is 4.79 Å². The topological polar surface area (TPSA) is 39.2 Å². The van der Waals surface area contributed by atoms with Crippen LogP contribution >= 0.6 is 24.2 Å². The van der Waals surface area contributed by atoms with Crippen molar-refractivity contribution in [1.29, 1.82) is 0 Å². The van der Waals surface area contributed by atoms with Gasteiger partial charge in [0.15, 0.2) is 0 Å². The van der Waals surface area contributed by atoms with Crippen molar-refractivity contribution in [2.75, 3.05) is 12.9 Å². The Hall–Kier alpha value is -1.52. The van der Waals surface area contributed by atoms with E-state index < -0.39 is 0 Å². The molecule has 0 aliphatic heterocycles. The van der Waals surface area contributed by atoms with Crippen LogP contribution in [0, 0.1) is 0 Å². The van der Waals surface area contributed by atoms with Gasteiger partial charge in [-0.2, -0.15) is 0 Å². The van der Waals surface area contributed by atoms with Crippen LogP contribution in [0.5, 0.6) is 0 Å². The van der Waals surface area contributed by atoms with E-state index in [1.165, 1.54) is 7.11 Å². The first kappa shape index (κ1) is 16.5. The number of carbonyl (C=O) groups is 1. The van der Waals surface area contributed by atoms with Gasteiger partial charge in [0.2, 0.25) is 0 Å². The van der Waals surface area contributed by atoms with E-state index in [1.54, 1.807) is 23.9 Å². The summed E-state index contributed by atoms with van der Waals surface area (Å²) in [4.78, 5) is 16.7. The molecule has 0 radical (unpaired) electrons. The zero-order valence-electron chi connectivity index (χ0n) is 11.1. The van der Waals surface area contributed by atoms with Crippen LogP contribution in [0.4, 0.5) is 0 Å². The molecule has 106 valence electrons. The quantitative estimate of drug-likeness (QED) is 0.624. The number of esters is 1. The van der Waals surface area contributed by atoms with E-state index >= 15 is 0 Å². The van der Waals surface area contributed by atoms with Crippen LogP contribution in [0.25, 0.3) is 0 Å². The predicted molar refractivity (Wildman–Crippen MR) is 83.7 cm³/mol. The number of rotatable bonds is 5. The number of hydrogen-bond donors (Lipinski definition) is 0. The third kappa shape index (κ3) is 4.87. The molecule has 2 aromatic rings. The van der Waals surface area contributed by atoms with Gasteiger partial charge in [0.05, 0.1) is 12.7 Å². The number of nitrogens with zero attached hydrogens (tertiary/aromatic N) is 1. The summed E-state index contributed by atoms with van der Waals surface area (Å²) in [6.45, 7) is 0. The van der Waals surface area contributed by atoms with Gasteiger partial charge < -0.3 is 4.74 Å². The van der Waals surface area contributed by atoms with Crippen molar-refractivity contribution in [2.45, 2.75) is 11.3 Å². The number of halogens is 1. The molecule has 1 aromatic carbocycles. The lowest BCUT2D eigenvalue weighted by Gasteiger charge is -2.03. The first-order chi connectivity index (χ1) is 9.29. The van der Waals surface area contributed by atoms with E-state index in [4.69, 9.17) is 0 Å². The van der Waals surface area contributed by atoms with E-state index in [0.717, 1.165) is 22.8 Å². The fourth-order valence-electron chi connectivity index (χ4n) is 1.62. The predicted octanol–water partition coefficient (Wildman–Crippen LogP) is 3.62. The Balaban J connectivity index is 0.00000200. The van der Waals surface area contributed by atoms with Crippen LogP contribution in [-0.4, -0.2) is 23.8 Å². The lowest BCUT2D eigenvalue weighted by molar-refractivity contribution is 0.0600. The number of methoxy groups -OCH3 is 1. The first-order valence-corrected chi connectivity index (χ1v) is 6.99. The molecule has 0 saturated carbocycles. The summed E-state index contributed by atoms with van der Waals surface area (Å²) < 4.78 is 4.66. The summed E-state index contributed by atoms with van der Waals surface area (Å²) >= 11 is 1.75. The molecule has 0 aliphatic carbocycles. The van der Waals surface area contributed by atoms with Crippen molar-refractivity contribution in [3.8, 4) is 0 Å². The van der Waals surface area contributed by atoms with Crippen LogP contribution in [0.2, 0.25) is 0 Å². The zero-order chi connectivity index (χ0) is 13.5. The van der Waals surface area contributed by atoms with Gasteiger partial charge in [0.1, 0.15) is 0 Å². The Labute approximate surface area is 129 Å². The smallest absolute Gasteiger partial charge is 0.337 e. The van der Waals surface area contributed by atoms with Crippen LogP contribution in [0.1, 0.15) is 16.1 Å². The first-order valence-electron chi connectivity index (χ1n) is 6.00. The largest absolute Gasteiger partial charge is 0.465 e. The molecule has 0 N–H and O–H groups in total. The molecule has 1 aromatic heterocycles. The van der Waals surface area contributed by atoms with Crippen molar-refractivity contribution in [1.82, 2.24) is 4.98 Å². The fraction of sp³-hybridized carbons (Fsp3) is 0.200. The molecule has 1 heterocycles. The van der Waals surface area contributed by atoms with Crippen LogP contribution in [0.15, 0.2) is 53.6 Å². The normalized spacial score (nSPS) is 9.65. The number of pyridine rings is 1. The lowest BCUT2D eigenvalue weighted by atomic mass is 10.2. The summed E-state index contributed by atoms with van der Waals surface area (Å²) in [7, 11) is 1.39. The van der Waals surface area contributed by atoms with Gasteiger partial charge in [-0.1, -0.05) is 6.07 Å².